The summed E-state index contributed by atoms with van der Waals surface area (Å²) in [7, 11) is 0. The van der Waals surface area contributed by atoms with E-state index in [1.807, 2.05) is 48.5 Å². The molecule has 0 unspecified atom stereocenters. The molecule has 0 aromatic heterocycles. The van der Waals surface area contributed by atoms with Gasteiger partial charge in [-0.25, -0.2) is 19.2 Å². The Morgan fingerprint density at radius 2 is 0.638 bits per heavy atom. The molecule has 0 radical (unpaired) electrons. The van der Waals surface area contributed by atoms with E-state index in [0.29, 0.717) is 39.7 Å². The van der Waals surface area contributed by atoms with Gasteiger partial charge in [-0.1, -0.05) is 74.8 Å². The number of hydrogen-bond donors (Lipinski definition) is 0. The molecule has 0 aliphatic rings. The van der Waals surface area contributed by atoms with Crippen LogP contribution in [0.15, 0.2) is 146 Å². The molecule has 4 rings (SSSR count). The van der Waals surface area contributed by atoms with Crippen LogP contribution in [0.1, 0.15) is 20.8 Å². The lowest BCUT2D eigenvalue weighted by Gasteiger charge is -2.07. The van der Waals surface area contributed by atoms with Crippen LogP contribution in [-0.2, 0) is 19.2 Å². The summed E-state index contributed by atoms with van der Waals surface area (Å²) in [6, 6.07) is 28.4. The fourth-order valence-corrected chi connectivity index (χ4v) is 3.60. The lowest BCUT2D eigenvalue weighted by molar-refractivity contribution is -0.130. The molecule has 0 fully saturated rings. The van der Waals surface area contributed by atoms with Gasteiger partial charge in [-0.2, -0.15) is 0 Å². The molecule has 0 bridgehead atoms. The highest BCUT2D eigenvalue weighted by atomic mass is 16.5. The van der Waals surface area contributed by atoms with Gasteiger partial charge in [0.1, 0.15) is 23.0 Å². The SMILES string of the molecule is C=C(C)C(=O)Oc1ccc(-c2ccc(OC(=O)C(=C)C)cc2)cc1.C=CC(=O)Oc1ccc(-c2ccc(OC(=O)C(=C)C)cc2)cc1. The van der Waals surface area contributed by atoms with Crippen molar-refractivity contribution in [1.82, 2.24) is 0 Å². The quantitative estimate of drug-likeness (QED) is 0.0980. The van der Waals surface area contributed by atoms with Crippen molar-refractivity contribution in [3.05, 3.63) is 146 Å². The molecule has 8 heteroatoms. The van der Waals surface area contributed by atoms with Crippen LogP contribution >= 0.6 is 0 Å². The molecule has 0 atom stereocenters. The maximum atomic E-state index is 11.5. The van der Waals surface area contributed by atoms with Gasteiger partial charge < -0.3 is 18.9 Å². The standard InChI is InChI=1S/C20H18O4.C19H16O4/c1-13(2)19(21)23-17-9-5-15(6-10-17)16-7-11-18(12-8-16)24-20(22)14(3)4;1-4-18(20)22-16-9-5-14(6-10-16)15-7-11-17(12-8-15)23-19(21)13(2)3/h5-12H,1,3H2,2,4H3;4-12H,1-2H2,3H3. The van der Waals surface area contributed by atoms with Crippen molar-refractivity contribution in [2.75, 3.05) is 0 Å². The van der Waals surface area contributed by atoms with Crippen LogP contribution < -0.4 is 18.9 Å². The highest BCUT2D eigenvalue weighted by Crippen LogP contribution is 2.26. The number of carbonyl (C=O) groups excluding carboxylic acids is 4. The van der Waals surface area contributed by atoms with Crippen molar-refractivity contribution < 1.29 is 38.1 Å². The van der Waals surface area contributed by atoms with Crippen molar-refractivity contribution in [2.45, 2.75) is 20.8 Å². The first-order chi connectivity index (χ1) is 22.4. The summed E-state index contributed by atoms with van der Waals surface area (Å²) in [4.78, 5) is 45.5. The van der Waals surface area contributed by atoms with Gasteiger partial charge in [0, 0.05) is 22.8 Å². The van der Waals surface area contributed by atoms with Crippen LogP contribution in [0, 0.1) is 0 Å². The second-order valence-corrected chi connectivity index (χ2v) is 10.2. The van der Waals surface area contributed by atoms with E-state index >= 15 is 0 Å². The van der Waals surface area contributed by atoms with Crippen LogP contribution in [0.4, 0.5) is 0 Å². The third-order valence-corrected chi connectivity index (χ3v) is 6.15. The summed E-state index contributed by atoms with van der Waals surface area (Å²) < 4.78 is 20.4. The maximum absolute atomic E-state index is 11.5. The van der Waals surface area contributed by atoms with E-state index in [1.165, 1.54) is 0 Å². The first kappa shape index (κ1) is 35.2. The fraction of sp³-hybridized carbons (Fsp3) is 0.0769. The molecule has 0 amide bonds. The van der Waals surface area contributed by atoms with Gasteiger partial charge in [0.2, 0.25) is 0 Å². The molecule has 8 nitrogen and oxygen atoms in total. The average Bonchev–Trinajstić information content (AvgIpc) is 3.06. The number of benzene rings is 4. The van der Waals surface area contributed by atoms with Crippen molar-refractivity contribution in [2.24, 2.45) is 0 Å². The highest BCUT2D eigenvalue weighted by molar-refractivity contribution is 5.90. The van der Waals surface area contributed by atoms with Gasteiger partial charge in [0.15, 0.2) is 0 Å². The minimum absolute atomic E-state index is 0.346. The summed E-state index contributed by atoms with van der Waals surface area (Å²) in [5, 5.41) is 0. The van der Waals surface area contributed by atoms with Crippen LogP contribution in [0.2, 0.25) is 0 Å². The molecular formula is C39H34O8. The summed E-state index contributed by atoms with van der Waals surface area (Å²) in [6.45, 7) is 18.7. The van der Waals surface area contributed by atoms with Crippen LogP contribution in [0.5, 0.6) is 23.0 Å². The molecule has 0 N–H and O–H groups in total. The molecule has 0 saturated carbocycles. The maximum Gasteiger partial charge on any atom is 0.338 e. The van der Waals surface area contributed by atoms with E-state index < -0.39 is 23.9 Å². The summed E-state index contributed by atoms with van der Waals surface area (Å²) in [5.74, 6) is -0.0353. The van der Waals surface area contributed by atoms with Crippen LogP contribution in [-0.4, -0.2) is 23.9 Å². The third-order valence-electron chi connectivity index (χ3n) is 6.15. The van der Waals surface area contributed by atoms with Gasteiger partial charge in [-0.15, -0.1) is 0 Å². The Morgan fingerprint density at radius 3 is 0.830 bits per heavy atom. The second kappa shape index (κ2) is 16.7. The summed E-state index contributed by atoms with van der Waals surface area (Å²) in [5.41, 5.74) is 4.82. The van der Waals surface area contributed by atoms with E-state index in [0.717, 1.165) is 28.3 Å². The summed E-state index contributed by atoms with van der Waals surface area (Å²) >= 11 is 0. The molecule has 0 aliphatic heterocycles. The largest absolute Gasteiger partial charge is 0.423 e. The zero-order valence-corrected chi connectivity index (χ0v) is 26.4. The molecular weight excluding hydrogens is 596 g/mol. The van der Waals surface area contributed by atoms with Gasteiger partial charge >= 0.3 is 23.9 Å². The molecule has 0 spiro atoms. The highest BCUT2D eigenvalue weighted by Gasteiger charge is 2.09. The van der Waals surface area contributed by atoms with E-state index in [2.05, 4.69) is 26.3 Å². The van der Waals surface area contributed by atoms with Gasteiger partial charge in [0.05, 0.1) is 0 Å². The van der Waals surface area contributed by atoms with Crippen molar-refractivity contribution in [1.29, 1.82) is 0 Å². The fourth-order valence-electron chi connectivity index (χ4n) is 3.60. The van der Waals surface area contributed by atoms with Gasteiger partial charge in [-0.05, 0) is 91.6 Å². The van der Waals surface area contributed by atoms with Crippen molar-refractivity contribution in [3.8, 4) is 45.3 Å². The van der Waals surface area contributed by atoms with Crippen LogP contribution in [0.3, 0.4) is 0 Å². The second-order valence-electron chi connectivity index (χ2n) is 10.2. The zero-order valence-electron chi connectivity index (χ0n) is 26.4. The van der Waals surface area contributed by atoms with Crippen molar-refractivity contribution in [3.63, 3.8) is 0 Å². The molecule has 4 aromatic rings. The number of hydrogen-bond acceptors (Lipinski definition) is 8. The van der Waals surface area contributed by atoms with E-state index in [9.17, 15) is 19.2 Å². The number of carbonyl (C=O) groups is 4. The number of rotatable bonds is 10. The molecule has 0 saturated heterocycles. The summed E-state index contributed by atoms with van der Waals surface area (Å²) in [6.07, 6.45) is 1.11. The Hall–Kier alpha value is -6.28. The lowest BCUT2D eigenvalue weighted by Crippen LogP contribution is -2.08. The normalized spacial score (nSPS) is 9.85. The average molecular weight is 631 g/mol. The first-order valence-electron chi connectivity index (χ1n) is 14.2. The molecule has 238 valence electrons. The molecule has 0 heterocycles. The molecule has 47 heavy (non-hydrogen) atoms. The Kier molecular flexibility index (Phi) is 12.5. The third kappa shape index (κ3) is 11.0. The number of ether oxygens (including phenoxy) is 4. The Bertz CT molecular complexity index is 1730. The van der Waals surface area contributed by atoms with Crippen LogP contribution in [0.25, 0.3) is 22.3 Å². The van der Waals surface area contributed by atoms with Gasteiger partial charge in [-0.3, -0.25) is 0 Å². The number of esters is 4. The molecule has 0 aliphatic carbocycles. The molecule has 4 aromatic carbocycles. The smallest absolute Gasteiger partial charge is 0.338 e. The Balaban J connectivity index is 0.000000256. The predicted octanol–water partition coefficient (Wildman–Crippen LogP) is 8.24. The topological polar surface area (TPSA) is 105 Å². The van der Waals surface area contributed by atoms with E-state index in [1.54, 1.807) is 69.3 Å². The monoisotopic (exact) mass is 630 g/mol. The predicted molar refractivity (Wildman–Crippen MR) is 181 cm³/mol. The minimum Gasteiger partial charge on any atom is -0.423 e. The van der Waals surface area contributed by atoms with Crippen molar-refractivity contribution >= 4 is 23.9 Å². The van der Waals surface area contributed by atoms with Gasteiger partial charge in [0.25, 0.3) is 0 Å². The van der Waals surface area contributed by atoms with E-state index in [4.69, 9.17) is 18.9 Å². The first-order valence-corrected chi connectivity index (χ1v) is 14.2. The van der Waals surface area contributed by atoms with E-state index in [-0.39, 0.29) is 0 Å². The Morgan fingerprint density at radius 1 is 0.426 bits per heavy atom. The lowest BCUT2D eigenvalue weighted by atomic mass is 10.1. The minimum atomic E-state index is -0.499. The Labute approximate surface area is 273 Å². The zero-order chi connectivity index (χ0) is 34.5.